The largest absolute Gasteiger partial charge is 0.456 e. The van der Waals surface area contributed by atoms with E-state index in [2.05, 4.69) is 4.90 Å². The zero-order chi connectivity index (χ0) is 15.2. The van der Waals surface area contributed by atoms with Crippen LogP contribution in [0.15, 0.2) is 10.5 Å². The lowest BCUT2D eigenvalue weighted by molar-refractivity contribution is 0.0310. The zero-order valence-electron chi connectivity index (χ0n) is 12.8. The summed E-state index contributed by atoms with van der Waals surface area (Å²) in [6, 6.07) is 1.85. The average molecular weight is 296 g/mol. The van der Waals surface area contributed by atoms with Gasteiger partial charge in [-0.3, -0.25) is 9.69 Å². The number of morpholine rings is 1. The third-order valence-electron chi connectivity index (χ3n) is 3.68. The molecule has 1 N–H and O–H groups in total. The van der Waals surface area contributed by atoms with Gasteiger partial charge in [0.15, 0.2) is 5.76 Å². The maximum absolute atomic E-state index is 12.5. The minimum Gasteiger partial charge on any atom is -0.456 e. The SMILES string of the molecule is Cc1cc(C)c(C(=O)N(CCO)CCN2CCOCC2)o1. The predicted octanol–water partition coefficient (Wildman–Crippen LogP) is 0.663. The number of hydrogen-bond acceptors (Lipinski definition) is 5. The number of carbonyl (C=O) groups excluding carboxylic acids is 1. The van der Waals surface area contributed by atoms with Crippen molar-refractivity contribution in [1.29, 1.82) is 0 Å². The van der Waals surface area contributed by atoms with Crippen LogP contribution in [0.1, 0.15) is 21.9 Å². The normalized spacial score (nSPS) is 16.1. The molecule has 1 amide bonds. The van der Waals surface area contributed by atoms with Gasteiger partial charge in [0.05, 0.1) is 19.8 Å². The molecule has 0 bridgehead atoms. The molecule has 6 nitrogen and oxygen atoms in total. The molecule has 1 aromatic rings. The number of hydrogen-bond donors (Lipinski definition) is 1. The lowest BCUT2D eigenvalue weighted by Gasteiger charge is -2.29. The van der Waals surface area contributed by atoms with Gasteiger partial charge in [-0.15, -0.1) is 0 Å². The Balaban J connectivity index is 1.96. The van der Waals surface area contributed by atoms with Crippen LogP contribution in [0.5, 0.6) is 0 Å². The number of furan rings is 1. The van der Waals surface area contributed by atoms with Crippen LogP contribution in [-0.4, -0.2) is 73.4 Å². The molecular formula is C15H24N2O4. The van der Waals surface area contributed by atoms with E-state index in [9.17, 15) is 9.90 Å². The molecule has 1 aromatic heterocycles. The number of rotatable bonds is 6. The fraction of sp³-hybridized carbons (Fsp3) is 0.667. The highest BCUT2D eigenvalue weighted by Crippen LogP contribution is 2.16. The van der Waals surface area contributed by atoms with Crippen molar-refractivity contribution >= 4 is 5.91 Å². The molecule has 0 spiro atoms. The maximum atomic E-state index is 12.5. The lowest BCUT2D eigenvalue weighted by Crippen LogP contribution is -2.44. The van der Waals surface area contributed by atoms with Crippen LogP contribution < -0.4 is 0 Å². The van der Waals surface area contributed by atoms with E-state index in [4.69, 9.17) is 9.15 Å². The van der Waals surface area contributed by atoms with Crippen molar-refractivity contribution in [3.05, 3.63) is 23.2 Å². The highest BCUT2D eigenvalue weighted by atomic mass is 16.5. The second-order valence-electron chi connectivity index (χ2n) is 5.34. The molecule has 2 rings (SSSR count). The van der Waals surface area contributed by atoms with E-state index < -0.39 is 0 Å². The Morgan fingerprint density at radius 3 is 2.62 bits per heavy atom. The molecule has 6 heteroatoms. The Labute approximate surface area is 125 Å². The van der Waals surface area contributed by atoms with Gasteiger partial charge in [0.25, 0.3) is 5.91 Å². The smallest absolute Gasteiger partial charge is 0.289 e. The van der Waals surface area contributed by atoms with Crippen molar-refractivity contribution in [2.45, 2.75) is 13.8 Å². The summed E-state index contributed by atoms with van der Waals surface area (Å²) in [6.07, 6.45) is 0. The molecule has 2 heterocycles. The number of aliphatic hydroxyl groups excluding tert-OH is 1. The third kappa shape index (κ3) is 4.30. The molecule has 0 aromatic carbocycles. The minimum atomic E-state index is -0.150. The Bertz CT molecular complexity index is 466. The number of ether oxygens (including phenoxy) is 1. The molecule has 0 radical (unpaired) electrons. The molecule has 118 valence electrons. The fourth-order valence-corrected chi connectivity index (χ4v) is 2.52. The fourth-order valence-electron chi connectivity index (χ4n) is 2.52. The number of aliphatic hydroxyl groups is 1. The minimum absolute atomic E-state index is 0.0480. The second kappa shape index (κ2) is 7.59. The monoisotopic (exact) mass is 296 g/mol. The zero-order valence-corrected chi connectivity index (χ0v) is 12.8. The molecule has 1 saturated heterocycles. The quantitative estimate of drug-likeness (QED) is 0.835. The maximum Gasteiger partial charge on any atom is 0.289 e. The van der Waals surface area contributed by atoms with Crippen LogP contribution >= 0.6 is 0 Å². The number of aryl methyl sites for hydroxylation is 2. The van der Waals surface area contributed by atoms with Gasteiger partial charge < -0.3 is 19.2 Å². The van der Waals surface area contributed by atoms with Crippen molar-refractivity contribution in [2.24, 2.45) is 0 Å². The highest BCUT2D eigenvalue weighted by Gasteiger charge is 2.22. The van der Waals surface area contributed by atoms with Gasteiger partial charge in [-0.05, 0) is 19.9 Å². The van der Waals surface area contributed by atoms with E-state index in [1.54, 1.807) is 4.90 Å². The summed E-state index contributed by atoms with van der Waals surface area (Å²) < 4.78 is 10.8. The van der Waals surface area contributed by atoms with Crippen LogP contribution in [0.4, 0.5) is 0 Å². The van der Waals surface area contributed by atoms with Gasteiger partial charge in [-0.2, -0.15) is 0 Å². The van der Waals surface area contributed by atoms with Gasteiger partial charge in [-0.25, -0.2) is 0 Å². The van der Waals surface area contributed by atoms with E-state index in [0.717, 1.165) is 44.2 Å². The first kappa shape index (κ1) is 16.0. The van der Waals surface area contributed by atoms with Crippen molar-refractivity contribution < 1.29 is 19.1 Å². The third-order valence-corrected chi connectivity index (χ3v) is 3.68. The summed E-state index contributed by atoms with van der Waals surface area (Å²) in [4.78, 5) is 16.4. The summed E-state index contributed by atoms with van der Waals surface area (Å²) in [5.41, 5.74) is 0.840. The van der Waals surface area contributed by atoms with Crippen molar-refractivity contribution in [3.8, 4) is 0 Å². The Morgan fingerprint density at radius 1 is 1.33 bits per heavy atom. The number of carbonyl (C=O) groups is 1. The first-order chi connectivity index (χ1) is 10.1. The molecule has 21 heavy (non-hydrogen) atoms. The van der Waals surface area contributed by atoms with E-state index in [-0.39, 0.29) is 12.5 Å². The van der Waals surface area contributed by atoms with E-state index in [1.807, 2.05) is 19.9 Å². The van der Waals surface area contributed by atoms with Gasteiger partial charge in [0, 0.05) is 38.3 Å². The summed E-state index contributed by atoms with van der Waals surface area (Å²) >= 11 is 0. The molecule has 0 saturated carbocycles. The first-order valence-electron chi connectivity index (χ1n) is 7.39. The molecule has 0 atom stereocenters. The molecule has 0 unspecified atom stereocenters. The molecule has 1 aliphatic heterocycles. The van der Waals surface area contributed by atoms with Crippen LogP contribution in [0.2, 0.25) is 0 Å². The van der Waals surface area contributed by atoms with Crippen LogP contribution in [0.3, 0.4) is 0 Å². The predicted molar refractivity (Wildman–Crippen MR) is 78.4 cm³/mol. The molecule has 1 fully saturated rings. The Hall–Kier alpha value is -1.37. The number of amides is 1. The number of nitrogens with zero attached hydrogens (tertiary/aromatic N) is 2. The van der Waals surface area contributed by atoms with E-state index >= 15 is 0 Å². The van der Waals surface area contributed by atoms with Crippen molar-refractivity contribution in [1.82, 2.24) is 9.80 Å². The van der Waals surface area contributed by atoms with Crippen LogP contribution in [0.25, 0.3) is 0 Å². The first-order valence-corrected chi connectivity index (χ1v) is 7.39. The summed E-state index contributed by atoms with van der Waals surface area (Å²) in [5.74, 6) is 0.957. The second-order valence-corrected chi connectivity index (χ2v) is 5.34. The van der Waals surface area contributed by atoms with Gasteiger partial charge in [0.2, 0.25) is 0 Å². The Morgan fingerprint density at radius 2 is 2.05 bits per heavy atom. The standard InChI is InChI=1S/C15H24N2O4/c1-12-11-13(2)21-14(12)15(19)17(5-8-18)4-3-16-6-9-20-10-7-16/h11,18H,3-10H2,1-2H3. The van der Waals surface area contributed by atoms with Gasteiger partial charge >= 0.3 is 0 Å². The topological polar surface area (TPSA) is 66.2 Å². The molecule has 1 aliphatic rings. The molecule has 0 aliphatic carbocycles. The van der Waals surface area contributed by atoms with E-state index in [1.165, 1.54) is 0 Å². The van der Waals surface area contributed by atoms with Crippen molar-refractivity contribution in [3.63, 3.8) is 0 Å². The van der Waals surface area contributed by atoms with Gasteiger partial charge in [0.1, 0.15) is 5.76 Å². The van der Waals surface area contributed by atoms with Crippen molar-refractivity contribution in [2.75, 3.05) is 52.5 Å². The average Bonchev–Trinajstić information content (AvgIpc) is 2.82. The highest BCUT2D eigenvalue weighted by molar-refractivity contribution is 5.93. The van der Waals surface area contributed by atoms with Crippen LogP contribution in [0, 0.1) is 13.8 Å². The van der Waals surface area contributed by atoms with E-state index in [0.29, 0.717) is 18.8 Å². The summed E-state index contributed by atoms with van der Waals surface area (Å²) in [6.45, 7) is 8.59. The summed E-state index contributed by atoms with van der Waals surface area (Å²) in [7, 11) is 0. The Kier molecular flexibility index (Phi) is 5.78. The van der Waals surface area contributed by atoms with Crippen LogP contribution in [-0.2, 0) is 4.74 Å². The molecular weight excluding hydrogens is 272 g/mol. The lowest BCUT2D eigenvalue weighted by atomic mass is 10.2. The van der Waals surface area contributed by atoms with Gasteiger partial charge in [-0.1, -0.05) is 0 Å². The summed E-state index contributed by atoms with van der Waals surface area (Å²) in [5, 5.41) is 9.19.